The Balaban J connectivity index is 2.07. The van der Waals surface area contributed by atoms with E-state index in [1.807, 2.05) is 0 Å². The molecule has 1 atom stereocenters. The third-order valence-corrected chi connectivity index (χ3v) is 6.95. The lowest BCUT2D eigenvalue weighted by molar-refractivity contribution is 0.570. The summed E-state index contributed by atoms with van der Waals surface area (Å²) in [5.74, 6) is 0.694. The molecule has 0 amide bonds. The van der Waals surface area contributed by atoms with Crippen LogP contribution in [0.2, 0.25) is 0 Å². The average Bonchev–Trinajstić information content (AvgIpc) is 2.75. The first-order valence-corrected chi connectivity index (χ1v) is 9.40. The van der Waals surface area contributed by atoms with Gasteiger partial charge in [-0.1, -0.05) is 0 Å². The lowest BCUT2D eigenvalue weighted by Gasteiger charge is -2.11. The van der Waals surface area contributed by atoms with E-state index >= 15 is 0 Å². The minimum absolute atomic E-state index is 0.0203. The molecule has 0 bridgehead atoms. The molecule has 0 aliphatic carbocycles. The van der Waals surface area contributed by atoms with Gasteiger partial charge >= 0.3 is 0 Å². The van der Waals surface area contributed by atoms with Gasteiger partial charge in [-0.2, -0.15) is 0 Å². The van der Waals surface area contributed by atoms with E-state index in [4.69, 9.17) is 0 Å². The average molecular weight is 319 g/mol. The van der Waals surface area contributed by atoms with Crippen molar-refractivity contribution < 1.29 is 16.8 Å². The Hall–Kier alpha value is -1.19. The van der Waals surface area contributed by atoms with Gasteiger partial charge in [0, 0.05) is 19.8 Å². The van der Waals surface area contributed by atoms with Gasteiger partial charge < -0.3 is 5.32 Å². The number of rotatable bonds is 5. The number of hydrogen-bond acceptors (Lipinski definition) is 6. The zero-order valence-corrected chi connectivity index (χ0v) is 12.7. The summed E-state index contributed by atoms with van der Waals surface area (Å²) in [7, 11) is -5.20. The fourth-order valence-electron chi connectivity index (χ4n) is 2.06. The zero-order valence-electron chi connectivity index (χ0n) is 11.0. The maximum Gasteiger partial charge on any atom is 0.242 e. The maximum atomic E-state index is 12.0. The van der Waals surface area contributed by atoms with Gasteiger partial charge in [0.1, 0.15) is 10.7 Å². The lowest BCUT2D eigenvalue weighted by Crippen LogP contribution is -2.34. The predicted molar refractivity (Wildman–Crippen MR) is 75.8 cm³/mol. The number of sulfone groups is 1. The van der Waals surface area contributed by atoms with Crippen molar-refractivity contribution in [2.24, 2.45) is 0 Å². The van der Waals surface area contributed by atoms with Crippen molar-refractivity contribution in [2.75, 3.05) is 24.7 Å². The Morgan fingerprint density at radius 1 is 1.40 bits per heavy atom. The van der Waals surface area contributed by atoms with Gasteiger partial charge in [0.05, 0.1) is 11.0 Å². The molecule has 7 nitrogen and oxygen atoms in total. The first kappa shape index (κ1) is 15.2. The molecule has 112 valence electrons. The molecule has 0 spiro atoms. The van der Waals surface area contributed by atoms with Crippen LogP contribution in [0, 0.1) is 0 Å². The van der Waals surface area contributed by atoms with Crippen LogP contribution in [0.25, 0.3) is 0 Å². The molecule has 20 heavy (non-hydrogen) atoms. The lowest BCUT2D eigenvalue weighted by atomic mass is 10.2. The summed E-state index contributed by atoms with van der Waals surface area (Å²) in [5.41, 5.74) is 0. The minimum Gasteiger partial charge on any atom is -0.373 e. The third-order valence-electron chi connectivity index (χ3n) is 3.27. The fourth-order valence-corrected chi connectivity index (χ4v) is 4.96. The van der Waals surface area contributed by atoms with E-state index < -0.39 is 25.1 Å². The summed E-state index contributed by atoms with van der Waals surface area (Å²) in [4.78, 5) is 3.94. The van der Waals surface area contributed by atoms with Gasteiger partial charge in [0.2, 0.25) is 10.0 Å². The van der Waals surface area contributed by atoms with Crippen LogP contribution in [0.1, 0.15) is 12.8 Å². The highest BCUT2D eigenvalue weighted by atomic mass is 32.2. The van der Waals surface area contributed by atoms with Crippen LogP contribution in [0.5, 0.6) is 0 Å². The number of pyridine rings is 1. The SMILES string of the molecule is CNc1ccc(S(=O)(=O)NCC2CCCS2(=O)=O)cn1. The fraction of sp³-hybridized carbons (Fsp3) is 0.545. The predicted octanol–water partition coefficient (Wildman–Crippen LogP) is -0.0212. The molecule has 1 unspecified atom stereocenters. The molecule has 1 aliphatic heterocycles. The maximum absolute atomic E-state index is 12.0. The number of nitrogens with zero attached hydrogens (tertiary/aromatic N) is 1. The van der Waals surface area contributed by atoms with Crippen LogP contribution < -0.4 is 10.0 Å². The van der Waals surface area contributed by atoms with E-state index in [-0.39, 0.29) is 17.2 Å². The van der Waals surface area contributed by atoms with Gasteiger partial charge in [-0.3, -0.25) is 0 Å². The van der Waals surface area contributed by atoms with Crippen molar-refractivity contribution in [1.29, 1.82) is 0 Å². The highest BCUT2D eigenvalue weighted by Gasteiger charge is 2.32. The highest BCUT2D eigenvalue weighted by molar-refractivity contribution is 7.92. The zero-order chi connectivity index (χ0) is 14.8. The summed E-state index contributed by atoms with van der Waals surface area (Å²) in [6, 6.07) is 2.96. The van der Waals surface area contributed by atoms with Crippen LogP contribution in [-0.2, 0) is 19.9 Å². The van der Waals surface area contributed by atoms with E-state index in [1.165, 1.54) is 12.3 Å². The molecular weight excluding hydrogens is 302 g/mol. The largest absolute Gasteiger partial charge is 0.373 e. The monoisotopic (exact) mass is 319 g/mol. The van der Waals surface area contributed by atoms with Crippen molar-refractivity contribution in [1.82, 2.24) is 9.71 Å². The van der Waals surface area contributed by atoms with E-state index in [2.05, 4.69) is 15.0 Å². The topological polar surface area (TPSA) is 105 Å². The standard InChI is InChI=1S/C11H17N3O4S2/c1-12-11-5-4-10(7-13-11)20(17,18)14-8-9-3-2-6-19(9,15)16/h4-5,7,9,14H,2-3,6,8H2,1H3,(H,12,13). The smallest absolute Gasteiger partial charge is 0.242 e. The molecule has 2 heterocycles. The number of aromatic nitrogens is 1. The van der Waals surface area contributed by atoms with Crippen LogP contribution >= 0.6 is 0 Å². The van der Waals surface area contributed by atoms with Crippen LogP contribution in [0.4, 0.5) is 5.82 Å². The molecule has 0 saturated carbocycles. The summed E-state index contributed by atoms with van der Waals surface area (Å²) < 4.78 is 49.7. The second-order valence-corrected chi connectivity index (χ2v) is 8.78. The summed E-state index contributed by atoms with van der Waals surface area (Å²) in [6.07, 6.45) is 2.33. The Morgan fingerprint density at radius 2 is 2.15 bits per heavy atom. The molecule has 2 rings (SSSR count). The van der Waals surface area contributed by atoms with Gasteiger partial charge in [-0.25, -0.2) is 26.5 Å². The molecule has 1 aliphatic rings. The molecule has 1 fully saturated rings. The quantitative estimate of drug-likeness (QED) is 0.790. The number of anilines is 1. The third kappa shape index (κ3) is 3.28. The Kier molecular flexibility index (Phi) is 4.31. The Labute approximate surface area is 118 Å². The summed E-state index contributed by atoms with van der Waals surface area (Å²) >= 11 is 0. The second-order valence-electron chi connectivity index (χ2n) is 4.61. The van der Waals surface area contributed by atoms with Crippen molar-refractivity contribution in [3.63, 3.8) is 0 Å². The van der Waals surface area contributed by atoms with Crippen molar-refractivity contribution in [2.45, 2.75) is 23.0 Å². The van der Waals surface area contributed by atoms with Crippen molar-refractivity contribution >= 4 is 25.7 Å². The minimum atomic E-state index is -3.73. The molecule has 0 aromatic carbocycles. The van der Waals surface area contributed by atoms with Gasteiger partial charge in [-0.05, 0) is 25.0 Å². The molecule has 2 N–H and O–H groups in total. The molecule has 1 aromatic heterocycles. The summed E-state index contributed by atoms with van der Waals surface area (Å²) in [5, 5.41) is 2.16. The van der Waals surface area contributed by atoms with E-state index in [9.17, 15) is 16.8 Å². The number of sulfonamides is 1. The molecule has 1 saturated heterocycles. The van der Waals surface area contributed by atoms with E-state index in [1.54, 1.807) is 13.1 Å². The Bertz CT molecular complexity index is 668. The number of nitrogens with one attached hydrogen (secondary N) is 2. The van der Waals surface area contributed by atoms with Gasteiger partial charge in [0.15, 0.2) is 9.84 Å². The van der Waals surface area contributed by atoms with E-state index in [0.717, 1.165) is 0 Å². The van der Waals surface area contributed by atoms with Crippen LogP contribution in [0.15, 0.2) is 23.2 Å². The van der Waals surface area contributed by atoms with Crippen molar-refractivity contribution in [3.05, 3.63) is 18.3 Å². The Morgan fingerprint density at radius 3 is 2.65 bits per heavy atom. The van der Waals surface area contributed by atoms with E-state index in [0.29, 0.717) is 18.7 Å². The van der Waals surface area contributed by atoms with Crippen LogP contribution in [-0.4, -0.2) is 46.4 Å². The van der Waals surface area contributed by atoms with Crippen LogP contribution in [0.3, 0.4) is 0 Å². The first-order chi connectivity index (χ1) is 9.35. The second kappa shape index (κ2) is 5.66. The van der Waals surface area contributed by atoms with Gasteiger partial charge in [-0.15, -0.1) is 0 Å². The number of hydrogen-bond donors (Lipinski definition) is 2. The molecule has 0 radical (unpaired) electrons. The highest BCUT2D eigenvalue weighted by Crippen LogP contribution is 2.20. The van der Waals surface area contributed by atoms with Crippen molar-refractivity contribution in [3.8, 4) is 0 Å². The first-order valence-electron chi connectivity index (χ1n) is 6.20. The molecule has 1 aromatic rings. The molecule has 9 heteroatoms. The molecular formula is C11H17N3O4S2. The van der Waals surface area contributed by atoms with Gasteiger partial charge in [0.25, 0.3) is 0 Å². The summed E-state index contributed by atoms with van der Waals surface area (Å²) in [6.45, 7) is -0.0849. The normalized spacial score (nSPS) is 21.8.